The largest absolute Gasteiger partial charge is 0.447 e. The highest BCUT2D eigenvalue weighted by Gasteiger charge is 2.38. The van der Waals surface area contributed by atoms with Gasteiger partial charge in [-0.1, -0.05) is 13.8 Å². The summed E-state index contributed by atoms with van der Waals surface area (Å²) in [5.41, 5.74) is 2.05. The summed E-state index contributed by atoms with van der Waals surface area (Å²) in [5, 5.41) is 0. The number of piperazine rings is 1. The molecule has 2 fully saturated rings. The van der Waals surface area contributed by atoms with Crippen molar-refractivity contribution >= 4 is 23.2 Å². The topological polar surface area (TPSA) is 80.6 Å². The molecule has 1 unspecified atom stereocenters. The van der Waals surface area contributed by atoms with Gasteiger partial charge in [0.15, 0.2) is 5.65 Å². The van der Waals surface area contributed by atoms with Gasteiger partial charge in [-0.25, -0.2) is 14.8 Å². The van der Waals surface area contributed by atoms with E-state index in [1.165, 1.54) is 0 Å². The molecule has 0 aliphatic carbocycles. The summed E-state index contributed by atoms with van der Waals surface area (Å²) in [7, 11) is 0. The van der Waals surface area contributed by atoms with E-state index in [4.69, 9.17) is 4.74 Å². The molecule has 8 heteroatoms. The highest BCUT2D eigenvalue weighted by molar-refractivity contribution is 5.96. The second-order valence-corrected chi connectivity index (χ2v) is 7.03. The van der Waals surface area contributed by atoms with Gasteiger partial charge in [-0.2, -0.15) is 0 Å². The lowest BCUT2D eigenvalue weighted by molar-refractivity contribution is 0.0616. The normalized spacial score (nSPS) is 20.3. The van der Waals surface area contributed by atoms with E-state index in [2.05, 4.69) is 23.8 Å². The second-order valence-electron chi connectivity index (χ2n) is 7.03. The molecule has 0 spiro atoms. The van der Waals surface area contributed by atoms with Crippen LogP contribution >= 0.6 is 0 Å². The second kappa shape index (κ2) is 6.02. The van der Waals surface area contributed by atoms with Crippen molar-refractivity contribution in [3.8, 4) is 0 Å². The Balaban J connectivity index is 1.53. The molecule has 0 aromatic carbocycles. The number of carbonyl (C=O) groups is 2. The quantitative estimate of drug-likeness (QED) is 0.841. The average molecular weight is 343 g/mol. The van der Waals surface area contributed by atoms with E-state index < -0.39 is 0 Å². The zero-order valence-electron chi connectivity index (χ0n) is 14.4. The lowest BCUT2D eigenvalue weighted by Gasteiger charge is -2.35. The number of imidazole rings is 1. The van der Waals surface area contributed by atoms with Crippen molar-refractivity contribution in [2.75, 3.05) is 26.2 Å². The summed E-state index contributed by atoms with van der Waals surface area (Å²) in [4.78, 5) is 36.7. The maximum atomic E-state index is 12.8. The number of amides is 2. The third kappa shape index (κ3) is 2.81. The molecule has 4 heterocycles. The summed E-state index contributed by atoms with van der Waals surface area (Å²) < 4.78 is 7.06. The number of cyclic esters (lactones) is 1. The molecule has 1 atom stereocenters. The van der Waals surface area contributed by atoms with Gasteiger partial charge in [-0.3, -0.25) is 9.69 Å². The van der Waals surface area contributed by atoms with Crippen LogP contribution in [0.15, 0.2) is 18.6 Å². The van der Waals surface area contributed by atoms with Crippen LogP contribution in [0.4, 0.5) is 4.79 Å². The Labute approximate surface area is 145 Å². The van der Waals surface area contributed by atoms with Gasteiger partial charge in [0.05, 0.1) is 17.9 Å². The summed E-state index contributed by atoms with van der Waals surface area (Å²) in [6.45, 7) is 6.97. The van der Waals surface area contributed by atoms with Gasteiger partial charge in [0.2, 0.25) is 0 Å². The molecule has 4 rings (SSSR count). The Kier molecular flexibility index (Phi) is 3.82. The molecule has 2 aromatic rings. The van der Waals surface area contributed by atoms with Crippen LogP contribution in [0.2, 0.25) is 0 Å². The number of pyridine rings is 1. The highest BCUT2D eigenvalue weighted by atomic mass is 16.6. The van der Waals surface area contributed by atoms with E-state index in [-0.39, 0.29) is 18.0 Å². The maximum Gasteiger partial charge on any atom is 0.410 e. The molecular weight excluding hydrogens is 322 g/mol. The Morgan fingerprint density at radius 1 is 1.36 bits per heavy atom. The van der Waals surface area contributed by atoms with Crippen LogP contribution in [0.3, 0.4) is 0 Å². The summed E-state index contributed by atoms with van der Waals surface area (Å²) in [6, 6.07) is 1.75. The van der Waals surface area contributed by atoms with Gasteiger partial charge in [0.25, 0.3) is 5.91 Å². The van der Waals surface area contributed by atoms with Crippen LogP contribution in [-0.2, 0) is 11.3 Å². The number of nitrogens with zero attached hydrogens (tertiary/aromatic N) is 5. The smallest absolute Gasteiger partial charge is 0.410 e. The number of rotatable bonds is 3. The molecule has 0 saturated carbocycles. The fourth-order valence-corrected chi connectivity index (χ4v) is 3.45. The van der Waals surface area contributed by atoms with Crippen LogP contribution in [0, 0.1) is 5.92 Å². The van der Waals surface area contributed by atoms with Crippen LogP contribution in [0.1, 0.15) is 24.2 Å². The molecule has 2 aromatic heterocycles. The van der Waals surface area contributed by atoms with Gasteiger partial charge in [-0.15, -0.1) is 0 Å². The number of hydrogen-bond donors (Lipinski definition) is 0. The first-order valence-electron chi connectivity index (χ1n) is 8.56. The fourth-order valence-electron chi connectivity index (χ4n) is 3.45. The first-order chi connectivity index (χ1) is 12.0. The maximum absolute atomic E-state index is 12.8. The third-order valence-corrected chi connectivity index (χ3v) is 4.67. The number of ether oxygens (including phenoxy) is 1. The number of fused-ring (bicyclic) bond motifs is 2. The van der Waals surface area contributed by atoms with Gasteiger partial charge < -0.3 is 14.2 Å². The molecule has 2 aliphatic heterocycles. The van der Waals surface area contributed by atoms with Gasteiger partial charge in [0, 0.05) is 32.4 Å². The van der Waals surface area contributed by atoms with E-state index in [1.807, 2.05) is 4.57 Å². The van der Waals surface area contributed by atoms with Crippen LogP contribution in [0.5, 0.6) is 0 Å². The molecule has 0 radical (unpaired) electrons. The van der Waals surface area contributed by atoms with E-state index in [0.717, 1.165) is 17.7 Å². The molecule has 132 valence electrons. The monoisotopic (exact) mass is 343 g/mol. The first kappa shape index (κ1) is 15.9. The molecule has 8 nitrogen and oxygen atoms in total. The Bertz CT molecular complexity index is 831. The lowest BCUT2D eigenvalue weighted by Crippen LogP contribution is -2.53. The summed E-state index contributed by atoms with van der Waals surface area (Å²) in [6.07, 6.45) is 3.11. The van der Waals surface area contributed by atoms with Crippen LogP contribution in [0.25, 0.3) is 11.2 Å². The predicted molar refractivity (Wildman–Crippen MR) is 90.1 cm³/mol. The van der Waals surface area contributed by atoms with Gasteiger partial charge >= 0.3 is 6.09 Å². The SMILES string of the molecule is CC(C)Cn1cnc2cc(C(=O)N3CCN4C(=O)OCC4C3)cnc21. The predicted octanol–water partition coefficient (Wildman–Crippen LogP) is 1.36. The third-order valence-electron chi connectivity index (χ3n) is 4.67. The van der Waals surface area contributed by atoms with Crippen molar-refractivity contribution in [2.24, 2.45) is 5.92 Å². The number of aromatic nitrogens is 3. The lowest BCUT2D eigenvalue weighted by atomic mass is 10.1. The van der Waals surface area contributed by atoms with Crippen molar-refractivity contribution in [1.29, 1.82) is 0 Å². The van der Waals surface area contributed by atoms with Crippen molar-refractivity contribution in [3.63, 3.8) is 0 Å². The molecule has 2 aliphatic rings. The molecular formula is C17H21N5O3. The molecule has 2 amide bonds. The van der Waals surface area contributed by atoms with E-state index in [9.17, 15) is 9.59 Å². The Morgan fingerprint density at radius 3 is 3.00 bits per heavy atom. The molecule has 0 N–H and O–H groups in total. The minimum absolute atomic E-state index is 0.0489. The molecule has 2 saturated heterocycles. The molecule has 0 bridgehead atoms. The average Bonchev–Trinajstić information content (AvgIpc) is 3.17. The fraction of sp³-hybridized carbons (Fsp3) is 0.529. The zero-order valence-corrected chi connectivity index (χ0v) is 14.4. The van der Waals surface area contributed by atoms with Crippen LogP contribution in [-0.4, -0.2) is 68.6 Å². The minimum atomic E-state index is -0.282. The Morgan fingerprint density at radius 2 is 2.20 bits per heavy atom. The van der Waals surface area contributed by atoms with E-state index >= 15 is 0 Å². The Hall–Kier alpha value is -2.64. The van der Waals surface area contributed by atoms with Crippen molar-refractivity contribution < 1.29 is 14.3 Å². The van der Waals surface area contributed by atoms with Crippen molar-refractivity contribution in [3.05, 3.63) is 24.2 Å². The number of hydrogen-bond acceptors (Lipinski definition) is 5. The highest BCUT2D eigenvalue weighted by Crippen LogP contribution is 2.20. The standard InChI is InChI=1S/C17H21N5O3/c1-11(2)7-21-10-19-14-5-12(6-18-15(14)21)16(23)20-3-4-22-13(8-20)9-25-17(22)24/h5-6,10-11,13H,3-4,7-9H2,1-2H3. The van der Waals surface area contributed by atoms with E-state index in [1.54, 1.807) is 28.4 Å². The number of carbonyl (C=O) groups excluding carboxylic acids is 2. The first-order valence-corrected chi connectivity index (χ1v) is 8.56. The summed E-state index contributed by atoms with van der Waals surface area (Å²) >= 11 is 0. The summed E-state index contributed by atoms with van der Waals surface area (Å²) in [5.74, 6) is 0.417. The molecule has 25 heavy (non-hydrogen) atoms. The van der Waals surface area contributed by atoms with Crippen molar-refractivity contribution in [1.82, 2.24) is 24.3 Å². The van der Waals surface area contributed by atoms with Gasteiger partial charge in [-0.05, 0) is 12.0 Å². The zero-order chi connectivity index (χ0) is 17.6. The van der Waals surface area contributed by atoms with Gasteiger partial charge in [0.1, 0.15) is 12.1 Å². The van der Waals surface area contributed by atoms with Crippen LogP contribution < -0.4 is 0 Å². The van der Waals surface area contributed by atoms with Crippen molar-refractivity contribution in [2.45, 2.75) is 26.4 Å². The van der Waals surface area contributed by atoms with E-state index in [0.29, 0.717) is 37.7 Å². The minimum Gasteiger partial charge on any atom is -0.447 e.